The average molecular weight is 443 g/mol. The molecule has 1 atom stereocenters. The number of methoxy groups -OCH3 is 1. The Labute approximate surface area is 185 Å². The largest absolute Gasteiger partial charge is 0.466 e. The molecule has 31 heavy (non-hydrogen) atoms. The van der Waals surface area contributed by atoms with E-state index in [2.05, 4.69) is 16.0 Å². The van der Waals surface area contributed by atoms with Gasteiger partial charge in [-0.25, -0.2) is 14.0 Å². The van der Waals surface area contributed by atoms with E-state index in [4.69, 9.17) is 17.0 Å². The Balaban J connectivity index is 1.78. The summed E-state index contributed by atoms with van der Waals surface area (Å²) in [6.07, 6.45) is 0. The molecule has 1 aliphatic rings. The quantitative estimate of drug-likeness (QED) is 0.476. The number of hydrogen-bond donors (Lipinski definition) is 3. The Morgan fingerprint density at radius 2 is 1.84 bits per heavy atom. The van der Waals surface area contributed by atoms with Crippen LogP contribution in [-0.4, -0.2) is 35.7 Å². The Morgan fingerprint density at radius 3 is 2.45 bits per heavy atom. The fraction of sp³-hybridized carbons (Fsp3) is 0.227. The molecule has 2 amide bonds. The number of nitrogens with zero attached hydrogens (tertiary/aromatic N) is 1. The highest BCUT2D eigenvalue weighted by Gasteiger charge is 2.33. The van der Waals surface area contributed by atoms with E-state index in [9.17, 15) is 14.0 Å². The Morgan fingerprint density at radius 1 is 1.16 bits per heavy atom. The Kier molecular flexibility index (Phi) is 6.86. The molecule has 0 bridgehead atoms. The highest BCUT2D eigenvalue weighted by Crippen LogP contribution is 2.31. The minimum absolute atomic E-state index is 0.345. The number of rotatable bonds is 5. The monoisotopic (exact) mass is 442 g/mol. The van der Waals surface area contributed by atoms with Crippen molar-refractivity contribution in [3.8, 4) is 0 Å². The minimum Gasteiger partial charge on any atom is -0.466 e. The number of ether oxygens (including phenoxy) is 1. The topological polar surface area (TPSA) is 82.7 Å². The first-order valence-electron chi connectivity index (χ1n) is 9.64. The molecule has 0 radical (unpaired) electrons. The van der Waals surface area contributed by atoms with Gasteiger partial charge in [-0.05, 0) is 62.0 Å². The van der Waals surface area contributed by atoms with Crippen LogP contribution in [-0.2, 0) is 9.53 Å². The van der Waals surface area contributed by atoms with Gasteiger partial charge in [0.1, 0.15) is 5.82 Å². The summed E-state index contributed by atoms with van der Waals surface area (Å²) in [4.78, 5) is 26.5. The predicted octanol–water partition coefficient (Wildman–Crippen LogP) is 4.17. The van der Waals surface area contributed by atoms with Crippen LogP contribution in [0.4, 0.5) is 20.6 Å². The van der Waals surface area contributed by atoms with Gasteiger partial charge in [0.25, 0.3) is 0 Å². The molecule has 162 valence electrons. The van der Waals surface area contributed by atoms with Crippen LogP contribution in [0.25, 0.3) is 0 Å². The van der Waals surface area contributed by atoms with Crippen LogP contribution >= 0.6 is 12.2 Å². The van der Waals surface area contributed by atoms with Gasteiger partial charge in [0, 0.05) is 23.6 Å². The van der Waals surface area contributed by atoms with E-state index >= 15 is 0 Å². The molecule has 0 fully saturated rings. The molecule has 2 aromatic carbocycles. The van der Waals surface area contributed by atoms with E-state index in [-0.39, 0.29) is 0 Å². The van der Waals surface area contributed by atoms with Crippen molar-refractivity contribution in [2.24, 2.45) is 0 Å². The Hall–Kier alpha value is -3.46. The number of halogens is 1. The maximum Gasteiger partial charge on any atom is 0.337 e. The number of carbonyl (C=O) groups excluding carboxylic acids is 2. The van der Waals surface area contributed by atoms with E-state index in [0.717, 1.165) is 11.3 Å². The molecule has 7 nitrogen and oxygen atoms in total. The predicted molar refractivity (Wildman–Crippen MR) is 121 cm³/mol. The third kappa shape index (κ3) is 5.00. The summed E-state index contributed by atoms with van der Waals surface area (Å²) in [7, 11) is 1.34. The number of allylic oxidation sites excluding steroid dienone is 1. The van der Waals surface area contributed by atoms with Gasteiger partial charge in [0.15, 0.2) is 5.11 Å². The van der Waals surface area contributed by atoms with Crippen LogP contribution in [0.5, 0.6) is 0 Å². The number of hydrogen-bond acceptors (Lipinski definition) is 4. The highest BCUT2D eigenvalue weighted by atomic mass is 32.1. The maximum absolute atomic E-state index is 13.3. The van der Waals surface area contributed by atoms with Gasteiger partial charge in [-0.2, -0.15) is 0 Å². The molecule has 0 saturated heterocycles. The fourth-order valence-corrected chi connectivity index (χ4v) is 3.79. The van der Waals surface area contributed by atoms with Gasteiger partial charge in [0.2, 0.25) is 0 Å². The lowest BCUT2D eigenvalue weighted by Gasteiger charge is -2.36. The zero-order valence-corrected chi connectivity index (χ0v) is 18.2. The first-order chi connectivity index (χ1) is 14.8. The highest BCUT2D eigenvalue weighted by molar-refractivity contribution is 7.80. The van der Waals surface area contributed by atoms with Crippen LogP contribution in [0.15, 0.2) is 59.8 Å². The van der Waals surface area contributed by atoms with Crippen molar-refractivity contribution < 1.29 is 18.7 Å². The summed E-state index contributed by atoms with van der Waals surface area (Å²) in [5.41, 5.74) is 2.88. The van der Waals surface area contributed by atoms with Gasteiger partial charge in [-0.1, -0.05) is 18.2 Å². The van der Waals surface area contributed by atoms with Gasteiger partial charge >= 0.3 is 12.0 Å². The van der Waals surface area contributed by atoms with Crippen molar-refractivity contribution in [2.45, 2.75) is 19.9 Å². The van der Waals surface area contributed by atoms with Crippen molar-refractivity contribution >= 4 is 40.7 Å². The molecule has 3 rings (SSSR count). The SMILES string of the molecule is CCN1C(=S)NC(c2ccc(NC(=O)Nc3cccc(F)c3)cc2)C(C(=O)OC)=C1C. The summed E-state index contributed by atoms with van der Waals surface area (Å²) in [6, 6.07) is 11.6. The summed E-state index contributed by atoms with van der Waals surface area (Å²) in [5, 5.41) is 8.97. The molecule has 0 saturated carbocycles. The number of nitrogens with one attached hydrogen (secondary N) is 3. The molecule has 0 aromatic heterocycles. The second-order valence-corrected chi connectivity index (χ2v) is 7.22. The van der Waals surface area contributed by atoms with Crippen LogP contribution in [0.3, 0.4) is 0 Å². The molecule has 1 aliphatic heterocycles. The Bertz CT molecular complexity index is 1040. The van der Waals surface area contributed by atoms with Crippen LogP contribution in [0.1, 0.15) is 25.5 Å². The summed E-state index contributed by atoms with van der Waals surface area (Å²) in [6.45, 7) is 4.40. The van der Waals surface area contributed by atoms with E-state index in [1.807, 2.05) is 18.7 Å². The van der Waals surface area contributed by atoms with Crippen molar-refractivity contribution in [3.63, 3.8) is 0 Å². The number of amides is 2. The normalized spacial score (nSPS) is 15.9. The summed E-state index contributed by atoms with van der Waals surface area (Å²) < 4.78 is 18.2. The number of esters is 1. The van der Waals surface area contributed by atoms with E-state index in [1.165, 1.54) is 25.3 Å². The van der Waals surface area contributed by atoms with Crippen LogP contribution in [0, 0.1) is 5.82 Å². The molecule has 3 N–H and O–H groups in total. The summed E-state index contributed by atoms with van der Waals surface area (Å²) >= 11 is 5.45. The average Bonchev–Trinajstić information content (AvgIpc) is 2.73. The third-order valence-electron chi connectivity index (χ3n) is 4.90. The van der Waals surface area contributed by atoms with Gasteiger partial charge in [-0.3, -0.25) is 0 Å². The zero-order chi connectivity index (χ0) is 22.5. The number of urea groups is 1. The van der Waals surface area contributed by atoms with Crippen molar-refractivity contribution in [3.05, 3.63) is 71.2 Å². The number of benzene rings is 2. The molecule has 1 unspecified atom stereocenters. The molecule has 1 heterocycles. The van der Waals surface area contributed by atoms with E-state index < -0.39 is 23.9 Å². The van der Waals surface area contributed by atoms with Crippen molar-refractivity contribution in [1.82, 2.24) is 10.2 Å². The molecule has 2 aromatic rings. The zero-order valence-electron chi connectivity index (χ0n) is 17.4. The fourth-order valence-electron chi connectivity index (χ4n) is 3.41. The smallest absolute Gasteiger partial charge is 0.337 e. The molecular weight excluding hydrogens is 419 g/mol. The lowest BCUT2D eigenvalue weighted by molar-refractivity contribution is -0.136. The third-order valence-corrected chi connectivity index (χ3v) is 5.24. The molecule has 0 aliphatic carbocycles. The molecule has 0 spiro atoms. The number of anilines is 2. The standard InChI is InChI=1S/C22H23FN4O3S/c1-4-27-13(2)18(20(28)30-3)19(26-22(27)31)14-8-10-16(11-9-14)24-21(29)25-17-7-5-6-15(23)12-17/h5-12,19H,4H2,1-3H3,(H,26,31)(H2,24,25,29). The number of thiocarbonyl (C=S) groups is 1. The lowest BCUT2D eigenvalue weighted by atomic mass is 9.95. The van der Waals surface area contributed by atoms with Crippen molar-refractivity contribution in [1.29, 1.82) is 0 Å². The van der Waals surface area contributed by atoms with Gasteiger partial charge < -0.3 is 25.6 Å². The second kappa shape index (κ2) is 9.57. The molecular formula is C22H23FN4O3S. The minimum atomic E-state index is -0.500. The first-order valence-corrected chi connectivity index (χ1v) is 10.1. The molecule has 9 heteroatoms. The summed E-state index contributed by atoms with van der Waals surface area (Å²) in [5.74, 6) is -0.876. The van der Waals surface area contributed by atoms with Crippen LogP contribution < -0.4 is 16.0 Å². The number of carbonyl (C=O) groups is 2. The van der Waals surface area contributed by atoms with Crippen LogP contribution in [0.2, 0.25) is 0 Å². The van der Waals surface area contributed by atoms with Gasteiger partial charge in [0.05, 0.1) is 18.7 Å². The van der Waals surface area contributed by atoms with Crippen molar-refractivity contribution in [2.75, 3.05) is 24.3 Å². The first kappa shape index (κ1) is 22.2. The maximum atomic E-state index is 13.3. The lowest BCUT2D eigenvalue weighted by Crippen LogP contribution is -2.47. The second-order valence-electron chi connectivity index (χ2n) is 6.83. The van der Waals surface area contributed by atoms with E-state index in [0.29, 0.717) is 28.6 Å². The van der Waals surface area contributed by atoms with Gasteiger partial charge in [-0.15, -0.1) is 0 Å². The van der Waals surface area contributed by atoms with E-state index in [1.54, 1.807) is 30.3 Å².